The average molecular weight is 364 g/mol. The van der Waals surface area contributed by atoms with E-state index in [2.05, 4.69) is 24.0 Å². The van der Waals surface area contributed by atoms with Crippen molar-refractivity contribution in [3.8, 4) is 0 Å². The normalized spacial score (nSPS) is 11.1. The molecule has 144 valence electrons. The van der Waals surface area contributed by atoms with E-state index in [1.54, 1.807) is 0 Å². The second-order valence-electron chi connectivity index (χ2n) is 7.32. The summed E-state index contributed by atoms with van der Waals surface area (Å²) in [6.07, 6.45) is 24.9. The Morgan fingerprint density at radius 1 is 0.640 bits per heavy atom. The number of thioether (sulfide) groups is 1. The summed E-state index contributed by atoms with van der Waals surface area (Å²) >= 11 is 1.90. The fourth-order valence-electron chi connectivity index (χ4n) is 3.26. The predicted molar refractivity (Wildman–Crippen MR) is 115 cm³/mol. The molecule has 1 heterocycles. The van der Waals surface area contributed by atoms with Crippen molar-refractivity contribution in [1.82, 2.24) is 4.98 Å². The summed E-state index contributed by atoms with van der Waals surface area (Å²) in [7, 11) is 0. The fourth-order valence-corrected chi connectivity index (χ4v) is 4.13. The number of hydrogen-bond acceptors (Lipinski definition) is 2. The van der Waals surface area contributed by atoms with Gasteiger partial charge in [-0.1, -0.05) is 109 Å². The summed E-state index contributed by atoms with van der Waals surface area (Å²) in [6.45, 7) is 2.29. The van der Waals surface area contributed by atoms with Gasteiger partial charge in [0.05, 0.1) is 5.03 Å². The molecule has 0 atom stereocenters. The van der Waals surface area contributed by atoms with E-state index in [1.165, 1.54) is 114 Å². The molecule has 1 nitrogen and oxygen atoms in total. The first kappa shape index (κ1) is 22.5. The minimum atomic E-state index is 1.17. The summed E-state index contributed by atoms with van der Waals surface area (Å²) in [4.78, 5) is 4.35. The van der Waals surface area contributed by atoms with Crippen molar-refractivity contribution in [3.63, 3.8) is 0 Å². The lowest BCUT2D eigenvalue weighted by Gasteiger charge is -2.04. The van der Waals surface area contributed by atoms with Crippen molar-refractivity contribution < 1.29 is 0 Å². The van der Waals surface area contributed by atoms with Gasteiger partial charge in [-0.25, -0.2) is 4.98 Å². The lowest BCUT2D eigenvalue weighted by Crippen LogP contribution is -1.85. The van der Waals surface area contributed by atoms with Gasteiger partial charge in [-0.15, -0.1) is 11.8 Å². The molecule has 0 radical (unpaired) electrons. The van der Waals surface area contributed by atoms with Crippen molar-refractivity contribution in [2.24, 2.45) is 0 Å². The zero-order chi connectivity index (χ0) is 17.8. The largest absolute Gasteiger partial charge is 0.250 e. The van der Waals surface area contributed by atoms with E-state index in [0.29, 0.717) is 0 Å². The summed E-state index contributed by atoms with van der Waals surface area (Å²) in [5.74, 6) is 1.22. The van der Waals surface area contributed by atoms with E-state index >= 15 is 0 Å². The van der Waals surface area contributed by atoms with Crippen LogP contribution in [-0.4, -0.2) is 10.7 Å². The van der Waals surface area contributed by atoms with Gasteiger partial charge in [0, 0.05) is 6.20 Å². The van der Waals surface area contributed by atoms with Gasteiger partial charge in [-0.3, -0.25) is 0 Å². The average Bonchev–Trinajstić information content (AvgIpc) is 2.65. The molecule has 0 aliphatic carbocycles. The Morgan fingerprint density at radius 3 is 1.56 bits per heavy atom. The minimum Gasteiger partial charge on any atom is -0.250 e. The van der Waals surface area contributed by atoms with E-state index in [0.717, 1.165) is 0 Å². The van der Waals surface area contributed by atoms with Crippen molar-refractivity contribution in [2.75, 3.05) is 5.75 Å². The molecule has 25 heavy (non-hydrogen) atoms. The SMILES string of the molecule is CCCCCCCCCCCCCCCCCCSc1ccccn1. The molecule has 0 saturated heterocycles. The second-order valence-corrected chi connectivity index (χ2v) is 8.43. The third kappa shape index (κ3) is 15.5. The van der Waals surface area contributed by atoms with Gasteiger partial charge in [0.15, 0.2) is 0 Å². The Kier molecular flexibility index (Phi) is 16.5. The third-order valence-electron chi connectivity index (χ3n) is 4.89. The molecule has 0 aliphatic heterocycles. The summed E-state index contributed by atoms with van der Waals surface area (Å²) in [5, 5.41) is 1.17. The molecule has 0 bridgehead atoms. The number of unbranched alkanes of at least 4 members (excludes halogenated alkanes) is 15. The van der Waals surface area contributed by atoms with E-state index in [9.17, 15) is 0 Å². The van der Waals surface area contributed by atoms with Crippen LogP contribution < -0.4 is 0 Å². The van der Waals surface area contributed by atoms with Crippen LogP contribution >= 0.6 is 11.8 Å². The smallest absolute Gasteiger partial charge is 0.0959 e. The van der Waals surface area contributed by atoms with Crippen LogP contribution in [0.25, 0.3) is 0 Å². The fraction of sp³-hybridized carbons (Fsp3) is 0.783. The Balaban J connectivity index is 1.69. The summed E-state index contributed by atoms with van der Waals surface area (Å²) in [6, 6.07) is 6.17. The van der Waals surface area contributed by atoms with Gasteiger partial charge in [0.25, 0.3) is 0 Å². The molecular weight excluding hydrogens is 322 g/mol. The first-order valence-electron chi connectivity index (χ1n) is 11.0. The predicted octanol–water partition coefficient (Wildman–Crippen LogP) is 8.44. The first-order valence-corrected chi connectivity index (χ1v) is 12.0. The van der Waals surface area contributed by atoms with E-state index in [1.807, 2.05) is 24.0 Å². The van der Waals surface area contributed by atoms with Crippen LogP contribution in [0.5, 0.6) is 0 Å². The van der Waals surface area contributed by atoms with Gasteiger partial charge < -0.3 is 0 Å². The molecule has 1 aromatic heterocycles. The highest BCUT2D eigenvalue weighted by atomic mass is 32.2. The lowest BCUT2D eigenvalue weighted by molar-refractivity contribution is 0.531. The van der Waals surface area contributed by atoms with Gasteiger partial charge in [-0.2, -0.15) is 0 Å². The van der Waals surface area contributed by atoms with Crippen LogP contribution in [0.2, 0.25) is 0 Å². The van der Waals surface area contributed by atoms with Gasteiger partial charge in [0.1, 0.15) is 0 Å². The molecular formula is C23H41NS. The van der Waals surface area contributed by atoms with Gasteiger partial charge >= 0.3 is 0 Å². The summed E-state index contributed by atoms with van der Waals surface area (Å²) < 4.78 is 0. The van der Waals surface area contributed by atoms with E-state index in [4.69, 9.17) is 0 Å². The van der Waals surface area contributed by atoms with E-state index in [-0.39, 0.29) is 0 Å². The molecule has 1 aromatic rings. The Labute approximate surface area is 161 Å². The zero-order valence-corrected chi connectivity index (χ0v) is 17.5. The Bertz CT molecular complexity index is 366. The molecule has 0 unspecified atom stereocenters. The van der Waals surface area contributed by atoms with Crippen LogP contribution in [-0.2, 0) is 0 Å². The molecule has 2 heteroatoms. The zero-order valence-electron chi connectivity index (χ0n) is 16.7. The van der Waals surface area contributed by atoms with Gasteiger partial charge in [0.2, 0.25) is 0 Å². The standard InChI is InChI=1S/C23H41NS/c1-2-3-4-5-6-7-8-9-10-11-12-13-14-15-16-19-22-25-23-20-17-18-21-24-23/h17-18,20-21H,2-16,19,22H2,1H3. The molecule has 1 rings (SSSR count). The van der Waals surface area contributed by atoms with Crippen LogP contribution in [0.4, 0.5) is 0 Å². The number of hydrogen-bond donors (Lipinski definition) is 0. The number of aromatic nitrogens is 1. The van der Waals surface area contributed by atoms with E-state index < -0.39 is 0 Å². The highest BCUT2D eigenvalue weighted by molar-refractivity contribution is 7.99. The van der Waals surface area contributed by atoms with Crippen LogP contribution in [0, 0.1) is 0 Å². The molecule has 0 spiro atoms. The number of rotatable bonds is 18. The van der Waals surface area contributed by atoms with Crippen molar-refractivity contribution >= 4 is 11.8 Å². The molecule has 0 aromatic carbocycles. The molecule has 0 N–H and O–H groups in total. The molecule has 0 saturated carbocycles. The highest BCUT2D eigenvalue weighted by Gasteiger charge is 1.96. The topological polar surface area (TPSA) is 12.9 Å². The second kappa shape index (κ2) is 18.3. The molecule has 0 aliphatic rings. The van der Waals surface area contributed by atoms with Crippen LogP contribution in [0.15, 0.2) is 29.4 Å². The first-order chi connectivity index (χ1) is 12.4. The van der Waals surface area contributed by atoms with Crippen molar-refractivity contribution in [1.29, 1.82) is 0 Å². The van der Waals surface area contributed by atoms with Gasteiger partial charge in [-0.05, 0) is 24.3 Å². The number of nitrogens with zero attached hydrogens (tertiary/aromatic N) is 1. The summed E-state index contributed by atoms with van der Waals surface area (Å²) in [5.41, 5.74) is 0. The quantitative estimate of drug-likeness (QED) is 0.192. The Hall–Kier alpha value is -0.500. The van der Waals surface area contributed by atoms with Crippen LogP contribution in [0.1, 0.15) is 110 Å². The lowest BCUT2D eigenvalue weighted by atomic mass is 10.0. The number of pyridine rings is 1. The monoisotopic (exact) mass is 363 g/mol. The molecule has 0 fully saturated rings. The van der Waals surface area contributed by atoms with Crippen molar-refractivity contribution in [3.05, 3.63) is 24.4 Å². The molecule has 0 amide bonds. The third-order valence-corrected chi connectivity index (χ3v) is 5.92. The highest BCUT2D eigenvalue weighted by Crippen LogP contribution is 2.17. The van der Waals surface area contributed by atoms with Crippen LogP contribution in [0.3, 0.4) is 0 Å². The maximum atomic E-state index is 4.35. The maximum absolute atomic E-state index is 4.35. The maximum Gasteiger partial charge on any atom is 0.0959 e. The Morgan fingerprint density at radius 2 is 1.12 bits per heavy atom. The van der Waals surface area contributed by atoms with Crippen molar-refractivity contribution in [2.45, 2.75) is 115 Å². The minimum absolute atomic E-state index is 1.17.